The van der Waals surface area contributed by atoms with E-state index in [1.807, 2.05) is 24.3 Å². The second-order valence-corrected chi connectivity index (χ2v) is 10.1. The maximum absolute atomic E-state index is 14.3. The van der Waals surface area contributed by atoms with Gasteiger partial charge in [0.05, 0.1) is 23.4 Å². The van der Waals surface area contributed by atoms with Gasteiger partial charge in [0.2, 0.25) is 5.91 Å². The molecule has 0 radical (unpaired) electrons. The van der Waals surface area contributed by atoms with Gasteiger partial charge in [-0.2, -0.15) is 0 Å². The van der Waals surface area contributed by atoms with Gasteiger partial charge in [-0.15, -0.1) is 11.3 Å². The fourth-order valence-corrected chi connectivity index (χ4v) is 5.65. The van der Waals surface area contributed by atoms with Crippen LogP contribution in [0.4, 0.5) is 8.78 Å². The third-order valence-corrected chi connectivity index (χ3v) is 7.54. The molecule has 2 heterocycles. The zero-order valence-electron chi connectivity index (χ0n) is 18.6. The highest BCUT2D eigenvalue weighted by atomic mass is 32.2. The van der Waals surface area contributed by atoms with Gasteiger partial charge >= 0.3 is 0 Å². The first-order valence-corrected chi connectivity index (χ1v) is 12.8. The first-order valence-electron chi connectivity index (χ1n) is 11.0. The van der Waals surface area contributed by atoms with Crippen LogP contribution in [-0.2, 0) is 9.53 Å². The number of amides is 1. The normalized spacial score (nSPS) is 16.1. The van der Waals surface area contributed by atoms with E-state index in [-0.39, 0.29) is 36.8 Å². The number of thioether (sulfide) groups is 1. The minimum atomic E-state index is -0.938. The van der Waals surface area contributed by atoms with Crippen LogP contribution in [0.25, 0.3) is 10.2 Å². The van der Waals surface area contributed by atoms with E-state index in [1.165, 1.54) is 0 Å². The van der Waals surface area contributed by atoms with Gasteiger partial charge in [0.15, 0.2) is 27.5 Å². The summed E-state index contributed by atoms with van der Waals surface area (Å²) in [6, 6.07) is 9.87. The van der Waals surface area contributed by atoms with E-state index in [0.29, 0.717) is 25.3 Å². The van der Waals surface area contributed by atoms with Gasteiger partial charge < -0.3 is 14.4 Å². The summed E-state index contributed by atoms with van der Waals surface area (Å²) in [5, 5.41) is 0. The van der Waals surface area contributed by atoms with E-state index < -0.39 is 23.5 Å². The number of hydrogen-bond donors (Lipinski definition) is 0. The molecule has 1 aromatic heterocycles. The monoisotopic (exact) mass is 506 g/mol. The number of fused-ring (bicyclic) bond motifs is 1. The largest absolute Gasteiger partial charge is 0.485 e. The highest BCUT2D eigenvalue weighted by Gasteiger charge is 2.26. The summed E-state index contributed by atoms with van der Waals surface area (Å²) in [4.78, 5) is 30.6. The number of Topliss-reactive ketones (excluding diaryl/α,β-unsaturated/α-hetero) is 1. The molecule has 10 heteroatoms. The Morgan fingerprint density at radius 3 is 2.76 bits per heavy atom. The van der Waals surface area contributed by atoms with Crippen LogP contribution in [0.1, 0.15) is 30.1 Å². The first kappa shape index (κ1) is 24.6. The quantitative estimate of drug-likeness (QED) is 0.302. The summed E-state index contributed by atoms with van der Waals surface area (Å²) >= 11 is 3.16. The second-order valence-electron chi connectivity index (χ2n) is 7.74. The maximum Gasteiger partial charge on any atom is 0.223 e. The Balaban J connectivity index is 1.26. The number of nitrogens with zero attached hydrogens (tertiary/aromatic N) is 2. The van der Waals surface area contributed by atoms with Crippen LogP contribution in [-0.4, -0.2) is 59.7 Å². The molecule has 0 N–H and O–H groups in total. The van der Waals surface area contributed by atoms with Gasteiger partial charge in [-0.1, -0.05) is 30.8 Å². The molecule has 34 heavy (non-hydrogen) atoms. The number of morpholine rings is 1. The number of thiazole rings is 1. The Bertz CT molecular complexity index is 1130. The third kappa shape index (κ3) is 5.92. The maximum atomic E-state index is 14.3. The van der Waals surface area contributed by atoms with Crippen molar-refractivity contribution in [1.29, 1.82) is 0 Å². The lowest BCUT2D eigenvalue weighted by Crippen LogP contribution is -2.47. The van der Waals surface area contributed by atoms with Gasteiger partial charge in [-0.25, -0.2) is 13.8 Å². The molecule has 1 atom stereocenters. The van der Waals surface area contributed by atoms with Crippen molar-refractivity contribution in [2.45, 2.75) is 30.2 Å². The van der Waals surface area contributed by atoms with E-state index in [9.17, 15) is 18.4 Å². The molecule has 1 aliphatic rings. The SMILES string of the molecule is CCC(=O)c1cc(F)c(OCC2CN(C(=O)CCSc3nc4ccccc4s3)CCO2)c(F)c1. The van der Waals surface area contributed by atoms with E-state index in [1.54, 1.807) is 34.9 Å². The number of hydrogen-bond acceptors (Lipinski definition) is 7. The molecule has 1 saturated heterocycles. The Morgan fingerprint density at radius 2 is 2.03 bits per heavy atom. The smallest absolute Gasteiger partial charge is 0.223 e. The van der Waals surface area contributed by atoms with Crippen molar-refractivity contribution in [2.24, 2.45) is 0 Å². The molecule has 2 aromatic carbocycles. The van der Waals surface area contributed by atoms with Crippen molar-refractivity contribution >= 4 is 45.0 Å². The molecule has 4 rings (SSSR count). The highest BCUT2D eigenvalue weighted by Crippen LogP contribution is 2.30. The first-order chi connectivity index (χ1) is 16.4. The summed E-state index contributed by atoms with van der Waals surface area (Å²) < 4.78 is 41.6. The van der Waals surface area contributed by atoms with Crippen LogP contribution < -0.4 is 4.74 Å². The van der Waals surface area contributed by atoms with E-state index in [2.05, 4.69) is 4.98 Å². The van der Waals surface area contributed by atoms with Crippen LogP contribution in [0.3, 0.4) is 0 Å². The number of ether oxygens (including phenoxy) is 2. The van der Waals surface area contributed by atoms with Gasteiger partial charge in [0.25, 0.3) is 0 Å². The van der Waals surface area contributed by atoms with Crippen molar-refractivity contribution in [3.8, 4) is 5.75 Å². The fraction of sp³-hybridized carbons (Fsp3) is 0.375. The Labute approximate surface area is 204 Å². The number of para-hydroxylation sites is 1. The number of carbonyl (C=O) groups excluding carboxylic acids is 2. The van der Waals surface area contributed by atoms with Crippen molar-refractivity contribution in [3.05, 3.63) is 53.6 Å². The molecule has 1 aliphatic heterocycles. The minimum absolute atomic E-state index is 0.0123. The van der Waals surface area contributed by atoms with Crippen LogP contribution in [0.5, 0.6) is 5.75 Å². The zero-order valence-corrected chi connectivity index (χ0v) is 20.2. The summed E-state index contributed by atoms with van der Waals surface area (Å²) in [7, 11) is 0. The summed E-state index contributed by atoms with van der Waals surface area (Å²) in [5.74, 6) is -2.18. The highest BCUT2D eigenvalue weighted by molar-refractivity contribution is 8.01. The molecule has 0 saturated carbocycles. The predicted molar refractivity (Wildman–Crippen MR) is 128 cm³/mol. The Morgan fingerprint density at radius 1 is 1.26 bits per heavy atom. The molecular formula is C24H24F2N2O4S2. The molecule has 0 bridgehead atoms. The number of aromatic nitrogens is 1. The minimum Gasteiger partial charge on any atom is -0.485 e. The summed E-state index contributed by atoms with van der Waals surface area (Å²) in [6.07, 6.45) is -0.00663. The van der Waals surface area contributed by atoms with Gasteiger partial charge in [0, 0.05) is 30.7 Å². The van der Waals surface area contributed by atoms with Crippen molar-refractivity contribution in [3.63, 3.8) is 0 Å². The Hall–Kier alpha value is -2.56. The van der Waals surface area contributed by atoms with Gasteiger partial charge in [0.1, 0.15) is 12.7 Å². The molecule has 180 valence electrons. The number of halogens is 2. The van der Waals surface area contributed by atoms with Crippen LogP contribution in [0.15, 0.2) is 40.7 Å². The molecule has 1 unspecified atom stereocenters. The van der Waals surface area contributed by atoms with Crippen LogP contribution >= 0.6 is 23.1 Å². The van der Waals surface area contributed by atoms with Gasteiger partial charge in [-0.3, -0.25) is 9.59 Å². The lowest BCUT2D eigenvalue weighted by molar-refractivity contribution is -0.139. The lowest BCUT2D eigenvalue weighted by Gasteiger charge is -2.33. The number of rotatable bonds is 9. The third-order valence-electron chi connectivity index (χ3n) is 5.36. The Kier molecular flexibility index (Phi) is 8.12. The molecule has 1 fully saturated rings. The predicted octanol–water partition coefficient (Wildman–Crippen LogP) is 4.96. The summed E-state index contributed by atoms with van der Waals surface area (Å²) in [6.45, 7) is 2.56. The molecule has 0 spiro atoms. The number of carbonyl (C=O) groups is 2. The molecular weight excluding hydrogens is 482 g/mol. The molecule has 3 aromatic rings. The van der Waals surface area contributed by atoms with E-state index in [0.717, 1.165) is 26.7 Å². The fourth-order valence-electron chi connectivity index (χ4n) is 3.58. The van der Waals surface area contributed by atoms with Crippen LogP contribution in [0, 0.1) is 11.6 Å². The zero-order chi connectivity index (χ0) is 24.1. The van der Waals surface area contributed by atoms with E-state index >= 15 is 0 Å². The molecule has 1 amide bonds. The average molecular weight is 507 g/mol. The van der Waals surface area contributed by atoms with Crippen LogP contribution in [0.2, 0.25) is 0 Å². The lowest BCUT2D eigenvalue weighted by atomic mass is 10.1. The standard InChI is InChI=1S/C24H24F2N2O4S2/c1-2-20(29)15-11-17(25)23(18(26)12-15)32-14-16-13-28(8-9-31-16)22(30)7-10-33-24-27-19-5-3-4-6-21(19)34-24/h3-6,11-12,16H,2,7-10,13-14H2,1H3. The topological polar surface area (TPSA) is 68.7 Å². The summed E-state index contributed by atoms with van der Waals surface area (Å²) in [5.41, 5.74) is 0.927. The second kappa shape index (κ2) is 11.2. The van der Waals surface area contributed by atoms with E-state index in [4.69, 9.17) is 9.47 Å². The van der Waals surface area contributed by atoms with Crippen molar-refractivity contribution < 1.29 is 27.8 Å². The molecule has 0 aliphatic carbocycles. The molecule has 6 nitrogen and oxygen atoms in total. The van der Waals surface area contributed by atoms with Crippen molar-refractivity contribution in [2.75, 3.05) is 32.1 Å². The average Bonchev–Trinajstić information content (AvgIpc) is 3.26. The number of ketones is 1. The van der Waals surface area contributed by atoms with Gasteiger partial charge in [-0.05, 0) is 24.3 Å². The number of benzene rings is 2. The van der Waals surface area contributed by atoms with Crippen molar-refractivity contribution in [1.82, 2.24) is 9.88 Å².